The molecule has 1 aromatic carbocycles. The first-order chi connectivity index (χ1) is 9.42. The molecule has 0 radical (unpaired) electrons. The van der Waals surface area contributed by atoms with Crippen molar-refractivity contribution in [3.05, 3.63) is 29.8 Å². The molecule has 0 saturated heterocycles. The summed E-state index contributed by atoms with van der Waals surface area (Å²) in [7, 11) is 0. The largest absolute Gasteiger partial charge is 0.377 e. The van der Waals surface area contributed by atoms with Gasteiger partial charge >= 0.3 is 0 Å². The van der Waals surface area contributed by atoms with Gasteiger partial charge in [0.1, 0.15) is 0 Å². The van der Waals surface area contributed by atoms with Crippen LogP contribution in [-0.4, -0.2) is 24.6 Å². The highest BCUT2D eigenvalue weighted by atomic mass is 16.5. The molecule has 0 unspecified atom stereocenters. The van der Waals surface area contributed by atoms with Gasteiger partial charge in [-0.1, -0.05) is 18.2 Å². The number of anilines is 1. The lowest BCUT2D eigenvalue weighted by Crippen LogP contribution is -2.37. The Morgan fingerprint density at radius 3 is 2.60 bits per heavy atom. The molecule has 0 aliphatic heterocycles. The van der Waals surface area contributed by atoms with E-state index in [4.69, 9.17) is 4.74 Å². The van der Waals surface area contributed by atoms with Crippen molar-refractivity contribution in [3.8, 4) is 0 Å². The van der Waals surface area contributed by atoms with E-state index in [2.05, 4.69) is 31.4 Å². The van der Waals surface area contributed by atoms with E-state index in [1.807, 2.05) is 31.2 Å². The first kappa shape index (κ1) is 16.7. The van der Waals surface area contributed by atoms with Crippen molar-refractivity contribution in [3.63, 3.8) is 0 Å². The van der Waals surface area contributed by atoms with Crippen LogP contribution in [0.5, 0.6) is 0 Å². The third kappa shape index (κ3) is 6.68. The molecule has 0 spiro atoms. The van der Waals surface area contributed by atoms with Crippen LogP contribution in [0.2, 0.25) is 0 Å². The number of amides is 1. The van der Waals surface area contributed by atoms with E-state index in [1.54, 1.807) is 0 Å². The van der Waals surface area contributed by atoms with Crippen LogP contribution in [0.3, 0.4) is 0 Å². The van der Waals surface area contributed by atoms with Crippen molar-refractivity contribution in [2.24, 2.45) is 0 Å². The smallest absolute Gasteiger partial charge is 0.225 e. The number of rotatable bonds is 7. The molecule has 0 fully saturated rings. The zero-order valence-electron chi connectivity index (χ0n) is 13.0. The van der Waals surface area contributed by atoms with Crippen molar-refractivity contribution in [1.29, 1.82) is 0 Å². The average molecular weight is 278 g/mol. The van der Waals surface area contributed by atoms with Crippen molar-refractivity contribution in [1.82, 2.24) is 5.32 Å². The molecule has 1 amide bonds. The van der Waals surface area contributed by atoms with Crippen molar-refractivity contribution >= 4 is 11.6 Å². The molecule has 0 heterocycles. The number of para-hydroxylation sites is 1. The van der Waals surface area contributed by atoms with Gasteiger partial charge in [-0.25, -0.2) is 0 Å². The third-order valence-corrected chi connectivity index (χ3v) is 2.76. The van der Waals surface area contributed by atoms with Crippen LogP contribution in [0.15, 0.2) is 24.3 Å². The number of nitrogens with one attached hydrogen (secondary N) is 2. The van der Waals surface area contributed by atoms with E-state index in [9.17, 15) is 4.79 Å². The quantitative estimate of drug-likeness (QED) is 0.806. The lowest BCUT2D eigenvalue weighted by molar-refractivity contribution is -0.116. The Morgan fingerprint density at radius 1 is 1.25 bits per heavy atom. The predicted molar refractivity (Wildman–Crippen MR) is 82.8 cm³/mol. The van der Waals surface area contributed by atoms with Gasteiger partial charge in [-0.3, -0.25) is 4.79 Å². The van der Waals surface area contributed by atoms with Gasteiger partial charge in [-0.05, 0) is 33.8 Å². The summed E-state index contributed by atoms with van der Waals surface area (Å²) in [5, 5.41) is 6.25. The van der Waals surface area contributed by atoms with Gasteiger partial charge in [0.2, 0.25) is 5.91 Å². The molecule has 0 saturated carbocycles. The van der Waals surface area contributed by atoms with Crippen molar-refractivity contribution in [2.45, 2.75) is 46.3 Å². The highest BCUT2D eigenvalue weighted by Crippen LogP contribution is 2.16. The summed E-state index contributed by atoms with van der Waals surface area (Å²) in [5.74, 6) is 0.0192. The molecule has 0 atom stereocenters. The summed E-state index contributed by atoms with van der Waals surface area (Å²) in [6.45, 7) is 10.1. The SMILES string of the molecule is CCOCc1ccccc1NC(=O)CCNC(C)(C)C. The van der Waals surface area contributed by atoms with Gasteiger partial charge in [0.25, 0.3) is 0 Å². The third-order valence-electron chi connectivity index (χ3n) is 2.76. The Morgan fingerprint density at radius 2 is 1.95 bits per heavy atom. The van der Waals surface area contributed by atoms with Crippen LogP contribution in [-0.2, 0) is 16.1 Å². The van der Waals surface area contributed by atoms with Crippen molar-refractivity contribution in [2.75, 3.05) is 18.5 Å². The highest BCUT2D eigenvalue weighted by Gasteiger charge is 2.10. The maximum atomic E-state index is 11.9. The second-order valence-corrected chi connectivity index (χ2v) is 5.77. The van der Waals surface area contributed by atoms with Crippen LogP contribution < -0.4 is 10.6 Å². The van der Waals surface area contributed by atoms with E-state index in [0.29, 0.717) is 26.2 Å². The first-order valence-corrected chi connectivity index (χ1v) is 7.13. The molecule has 1 rings (SSSR count). The number of carbonyl (C=O) groups excluding carboxylic acids is 1. The topological polar surface area (TPSA) is 50.4 Å². The molecule has 4 heteroatoms. The zero-order chi connectivity index (χ0) is 15.0. The normalized spacial score (nSPS) is 11.4. The van der Waals surface area contributed by atoms with Crippen LogP contribution in [0.25, 0.3) is 0 Å². The second-order valence-electron chi connectivity index (χ2n) is 5.77. The van der Waals surface area contributed by atoms with E-state index < -0.39 is 0 Å². The molecule has 112 valence electrons. The lowest BCUT2D eigenvalue weighted by Gasteiger charge is -2.20. The van der Waals surface area contributed by atoms with Crippen LogP contribution in [0.4, 0.5) is 5.69 Å². The first-order valence-electron chi connectivity index (χ1n) is 7.13. The monoisotopic (exact) mass is 278 g/mol. The van der Waals surface area contributed by atoms with E-state index in [0.717, 1.165) is 11.3 Å². The van der Waals surface area contributed by atoms with Gasteiger partial charge in [-0.15, -0.1) is 0 Å². The summed E-state index contributed by atoms with van der Waals surface area (Å²) in [6.07, 6.45) is 0.459. The van der Waals surface area contributed by atoms with Crippen molar-refractivity contribution < 1.29 is 9.53 Å². The number of hydrogen-bond donors (Lipinski definition) is 2. The Balaban J connectivity index is 2.49. The van der Waals surface area contributed by atoms with E-state index in [1.165, 1.54) is 0 Å². The number of carbonyl (C=O) groups is 1. The molecule has 0 aromatic heterocycles. The van der Waals surface area contributed by atoms with E-state index >= 15 is 0 Å². The van der Waals surface area contributed by atoms with Crippen LogP contribution >= 0.6 is 0 Å². The number of benzene rings is 1. The molecule has 0 bridgehead atoms. The molecule has 0 aliphatic carbocycles. The fourth-order valence-corrected chi connectivity index (χ4v) is 1.74. The van der Waals surface area contributed by atoms with Crippen LogP contribution in [0, 0.1) is 0 Å². The minimum atomic E-state index is 0.0192. The Kier molecular flexibility index (Phi) is 6.68. The second kappa shape index (κ2) is 8.02. The summed E-state index contributed by atoms with van der Waals surface area (Å²) >= 11 is 0. The van der Waals surface area contributed by atoms with Gasteiger partial charge in [-0.2, -0.15) is 0 Å². The Hall–Kier alpha value is -1.39. The molecule has 0 aliphatic rings. The minimum Gasteiger partial charge on any atom is -0.377 e. The molecular weight excluding hydrogens is 252 g/mol. The predicted octanol–water partition coefficient (Wildman–Crippen LogP) is 2.94. The summed E-state index contributed by atoms with van der Waals surface area (Å²) < 4.78 is 5.40. The maximum Gasteiger partial charge on any atom is 0.225 e. The number of ether oxygens (including phenoxy) is 1. The molecule has 20 heavy (non-hydrogen) atoms. The molecule has 4 nitrogen and oxygen atoms in total. The summed E-state index contributed by atoms with van der Waals surface area (Å²) in [6, 6.07) is 7.74. The highest BCUT2D eigenvalue weighted by molar-refractivity contribution is 5.91. The minimum absolute atomic E-state index is 0.0192. The molecular formula is C16H26N2O2. The van der Waals surface area contributed by atoms with Gasteiger partial charge in [0.05, 0.1) is 6.61 Å². The van der Waals surface area contributed by atoms with Crippen LogP contribution in [0.1, 0.15) is 39.7 Å². The van der Waals surface area contributed by atoms with E-state index in [-0.39, 0.29) is 11.4 Å². The number of hydrogen-bond acceptors (Lipinski definition) is 3. The summed E-state index contributed by atoms with van der Waals surface area (Å²) in [5.41, 5.74) is 1.88. The maximum absolute atomic E-state index is 11.9. The van der Waals surface area contributed by atoms with Gasteiger partial charge < -0.3 is 15.4 Å². The fraction of sp³-hybridized carbons (Fsp3) is 0.562. The lowest BCUT2D eigenvalue weighted by atomic mass is 10.1. The molecule has 1 aromatic rings. The summed E-state index contributed by atoms with van der Waals surface area (Å²) in [4.78, 5) is 11.9. The Bertz CT molecular complexity index is 425. The average Bonchev–Trinajstić information content (AvgIpc) is 2.36. The fourth-order valence-electron chi connectivity index (χ4n) is 1.74. The molecule has 2 N–H and O–H groups in total. The standard InChI is InChI=1S/C16H26N2O2/c1-5-20-12-13-8-6-7-9-14(13)18-15(19)10-11-17-16(2,3)4/h6-9,17H,5,10-12H2,1-4H3,(H,18,19). The zero-order valence-corrected chi connectivity index (χ0v) is 13.0. The Labute approximate surface area is 121 Å². The van der Waals surface area contributed by atoms with Gasteiger partial charge in [0, 0.05) is 36.4 Å². The van der Waals surface area contributed by atoms with Gasteiger partial charge in [0.15, 0.2) is 0 Å².